The number of nitrogens with zero attached hydrogens (tertiary/aromatic N) is 5. The minimum Gasteiger partial charge on any atom is -0.387 e. The van der Waals surface area contributed by atoms with Crippen molar-refractivity contribution in [2.75, 3.05) is 23.8 Å². The molecular formula is C30H36FN7O. The van der Waals surface area contributed by atoms with Crippen molar-refractivity contribution in [2.45, 2.75) is 51.1 Å². The van der Waals surface area contributed by atoms with E-state index < -0.39 is 0 Å². The fraction of sp³-hybridized carbons (Fsp3) is 0.400. The van der Waals surface area contributed by atoms with Crippen molar-refractivity contribution in [2.24, 2.45) is 18.7 Å². The lowest BCUT2D eigenvalue weighted by molar-refractivity contribution is 0.112. The SMILES string of the molecule is CNc1cnccc1C1CC(C)CC(N)C1.Cn1ncc2c1CN(c1cnc3c(C=O)ccc(F)c3c1)CC2. The first-order chi connectivity index (χ1) is 18.9. The molecule has 2 aliphatic rings. The first kappa shape index (κ1) is 26.7. The lowest BCUT2D eigenvalue weighted by Crippen LogP contribution is -2.31. The maximum atomic E-state index is 14.1. The highest BCUT2D eigenvalue weighted by Crippen LogP contribution is 2.38. The molecule has 39 heavy (non-hydrogen) atoms. The summed E-state index contributed by atoms with van der Waals surface area (Å²) in [6.07, 6.45) is 12.5. The van der Waals surface area contributed by atoms with E-state index >= 15 is 0 Å². The van der Waals surface area contributed by atoms with E-state index in [1.807, 2.05) is 37.4 Å². The molecule has 8 nitrogen and oxygen atoms in total. The first-order valence-electron chi connectivity index (χ1n) is 13.5. The zero-order chi connectivity index (χ0) is 27.5. The van der Waals surface area contributed by atoms with Gasteiger partial charge in [0.25, 0.3) is 0 Å². The average Bonchev–Trinajstić information content (AvgIpc) is 3.33. The molecule has 204 valence electrons. The average molecular weight is 530 g/mol. The second kappa shape index (κ2) is 11.5. The molecule has 3 N–H and O–H groups in total. The Bertz CT molecular complexity index is 1460. The zero-order valence-corrected chi connectivity index (χ0v) is 22.8. The van der Waals surface area contributed by atoms with Crippen molar-refractivity contribution in [3.05, 3.63) is 77.3 Å². The number of aryl methyl sites for hydroxylation is 1. The summed E-state index contributed by atoms with van der Waals surface area (Å²) in [5.41, 5.74) is 12.7. The van der Waals surface area contributed by atoms with Crippen molar-refractivity contribution in [3.8, 4) is 0 Å². The van der Waals surface area contributed by atoms with E-state index in [1.165, 1.54) is 35.4 Å². The fourth-order valence-electron chi connectivity index (χ4n) is 6.00. The number of carbonyl (C=O) groups is 1. The first-order valence-corrected chi connectivity index (χ1v) is 13.5. The highest BCUT2D eigenvalue weighted by Gasteiger charge is 2.27. The van der Waals surface area contributed by atoms with Gasteiger partial charge in [-0.15, -0.1) is 0 Å². The molecule has 0 saturated heterocycles. The van der Waals surface area contributed by atoms with Gasteiger partial charge in [-0.3, -0.25) is 19.4 Å². The van der Waals surface area contributed by atoms with Gasteiger partial charge in [-0.1, -0.05) is 6.92 Å². The molecule has 6 rings (SSSR count). The van der Waals surface area contributed by atoms with Crippen LogP contribution in [0.15, 0.2) is 49.1 Å². The number of benzene rings is 1. The number of nitrogens with one attached hydrogen (secondary N) is 1. The zero-order valence-electron chi connectivity index (χ0n) is 22.8. The Balaban J connectivity index is 0.000000169. The Hall–Kier alpha value is -3.85. The predicted octanol–water partition coefficient (Wildman–Crippen LogP) is 4.84. The maximum Gasteiger partial charge on any atom is 0.152 e. The molecule has 9 heteroatoms. The van der Waals surface area contributed by atoms with Crippen LogP contribution in [0.25, 0.3) is 10.9 Å². The van der Waals surface area contributed by atoms with Crippen molar-refractivity contribution in [3.63, 3.8) is 0 Å². The number of aromatic nitrogens is 4. The molecule has 0 radical (unpaired) electrons. The molecule has 1 aromatic carbocycles. The number of anilines is 2. The van der Waals surface area contributed by atoms with E-state index in [9.17, 15) is 9.18 Å². The molecule has 3 aromatic heterocycles. The van der Waals surface area contributed by atoms with Crippen LogP contribution in [0.4, 0.5) is 15.8 Å². The van der Waals surface area contributed by atoms with Crippen LogP contribution in [0.2, 0.25) is 0 Å². The Morgan fingerprint density at radius 1 is 1.15 bits per heavy atom. The van der Waals surface area contributed by atoms with Gasteiger partial charge in [0.15, 0.2) is 6.29 Å². The largest absolute Gasteiger partial charge is 0.387 e. The van der Waals surface area contributed by atoms with E-state index in [1.54, 1.807) is 12.3 Å². The maximum absolute atomic E-state index is 14.1. The van der Waals surface area contributed by atoms with Crippen LogP contribution in [0, 0.1) is 11.7 Å². The van der Waals surface area contributed by atoms with Gasteiger partial charge in [-0.05, 0) is 72.9 Å². The molecule has 0 bridgehead atoms. The summed E-state index contributed by atoms with van der Waals surface area (Å²) in [5.74, 6) is 0.953. The van der Waals surface area contributed by atoms with E-state index in [2.05, 4.69) is 38.3 Å². The second-order valence-electron chi connectivity index (χ2n) is 10.7. The molecule has 1 fully saturated rings. The van der Waals surface area contributed by atoms with Gasteiger partial charge in [-0.2, -0.15) is 5.10 Å². The molecule has 4 aromatic rings. The van der Waals surface area contributed by atoms with E-state index in [4.69, 9.17) is 5.73 Å². The van der Waals surface area contributed by atoms with Crippen LogP contribution in [0.1, 0.15) is 59.3 Å². The standard InChI is InChI=1S/C17H15FN4O.C13H21N3/c1-21-16-9-22(5-4-11(16)7-20-21)13-6-14-15(18)3-2-12(10-23)17(14)19-8-13;1-9-5-10(7-11(14)6-9)12-3-4-16-8-13(12)15-2/h2-3,6-8,10H,4-5,9H2,1H3;3-4,8-11,15H,5-7,14H2,1-2H3. The molecule has 3 atom stereocenters. The summed E-state index contributed by atoms with van der Waals surface area (Å²) >= 11 is 0. The summed E-state index contributed by atoms with van der Waals surface area (Å²) in [4.78, 5) is 21.7. The van der Waals surface area contributed by atoms with Gasteiger partial charge < -0.3 is 16.0 Å². The van der Waals surface area contributed by atoms with Gasteiger partial charge in [0, 0.05) is 43.8 Å². The Morgan fingerprint density at radius 2 is 2.00 bits per heavy atom. The van der Waals surface area contributed by atoms with Crippen LogP contribution in [0.3, 0.4) is 0 Å². The monoisotopic (exact) mass is 529 g/mol. The number of rotatable bonds is 4. The Labute approximate surface area is 228 Å². The number of halogens is 1. The number of carbonyl (C=O) groups excluding carboxylic acids is 1. The van der Waals surface area contributed by atoms with Gasteiger partial charge in [0.2, 0.25) is 0 Å². The van der Waals surface area contributed by atoms with E-state index in [0.717, 1.165) is 43.1 Å². The minimum absolute atomic E-state index is 0.353. The lowest BCUT2D eigenvalue weighted by atomic mass is 9.76. The molecule has 1 aliphatic heterocycles. The molecule has 4 heterocycles. The smallest absolute Gasteiger partial charge is 0.152 e. The summed E-state index contributed by atoms with van der Waals surface area (Å²) in [6.45, 7) is 3.85. The number of fused-ring (bicyclic) bond motifs is 2. The molecule has 1 aliphatic carbocycles. The third-order valence-electron chi connectivity index (χ3n) is 7.99. The highest BCUT2D eigenvalue weighted by molar-refractivity contribution is 5.96. The van der Waals surface area contributed by atoms with E-state index in [-0.39, 0.29) is 5.82 Å². The molecule has 0 amide bonds. The number of hydrogen-bond acceptors (Lipinski definition) is 7. The molecule has 3 unspecified atom stereocenters. The summed E-state index contributed by atoms with van der Waals surface area (Å²) in [5, 5.41) is 7.89. The van der Waals surface area contributed by atoms with Crippen molar-refractivity contribution in [1.29, 1.82) is 0 Å². The number of nitrogens with two attached hydrogens (primary N) is 1. The third kappa shape index (κ3) is 5.63. The Morgan fingerprint density at radius 3 is 2.77 bits per heavy atom. The van der Waals surface area contributed by atoms with Crippen molar-refractivity contribution in [1.82, 2.24) is 19.7 Å². The van der Waals surface area contributed by atoms with Gasteiger partial charge in [0.05, 0.1) is 47.7 Å². The van der Waals surface area contributed by atoms with Crippen LogP contribution in [0.5, 0.6) is 0 Å². The van der Waals surface area contributed by atoms with Gasteiger partial charge in [0.1, 0.15) is 5.82 Å². The summed E-state index contributed by atoms with van der Waals surface area (Å²) in [6, 6.07) is 7.02. The quantitative estimate of drug-likeness (QED) is 0.365. The number of pyridine rings is 2. The van der Waals surface area contributed by atoms with E-state index in [0.29, 0.717) is 41.3 Å². The fourth-order valence-corrected chi connectivity index (χ4v) is 6.00. The highest BCUT2D eigenvalue weighted by atomic mass is 19.1. The number of aldehydes is 1. The lowest BCUT2D eigenvalue weighted by Gasteiger charge is -2.32. The Kier molecular flexibility index (Phi) is 7.88. The van der Waals surface area contributed by atoms with Crippen molar-refractivity contribution < 1.29 is 9.18 Å². The topological polar surface area (TPSA) is 102 Å². The third-order valence-corrected chi connectivity index (χ3v) is 7.99. The predicted molar refractivity (Wildman–Crippen MR) is 153 cm³/mol. The van der Waals surface area contributed by atoms with Crippen LogP contribution in [-0.2, 0) is 20.0 Å². The van der Waals surface area contributed by atoms with Crippen LogP contribution >= 0.6 is 0 Å². The van der Waals surface area contributed by atoms with Gasteiger partial charge >= 0.3 is 0 Å². The second-order valence-corrected chi connectivity index (χ2v) is 10.7. The summed E-state index contributed by atoms with van der Waals surface area (Å²) < 4.78 is 16.0. The number of hydrogen-bond donors (Lipinski definition) is 2. The normalized spacial score (nSPS) is 20.6. The van der Waals surface area contributed by atoms with Gasteiger partial charge in [-0.25, -0.2) is 4.39 Å². The molecule has 0 spiro atoms. The molecular weight excluding hydrogens is 493 g/mol. The van der Waals surface area contributed by atoms with Crippen molar-refractivity contribution >= 4 is 28.6 Å². The molecule has 1 saturated carbocycles. The summed E-state index contributed by atoms with van der Waals surface area (Å²) in [7, 11) is 3.88. The van der Waals surface area contributed by atoms with Crippen LogP contribution in [-0.4, -0.2) is 45.7 Å². The minimum atomic E-state index is -0.363. The van der Waals surface area contributed by atoms with Crippen LogP contribution < -0.4 is 16.0 Å².